The number of hydrogen-bond donors (Lipinski definition) is 0. The minimum Gasteiger partial charge on any atom is -0.450 e. The molecule has 0 fully saturated rings. The van der Waals surface area contributed by atoms with Crippen molar-refractivity contribution >= 4 is 26.1 Å². The van der Waals surface area contributed by atoms with E-state index in [1.165, 1.54) is 0 Å². The lowest BCUT2D eigenvalue weighted by Gasteiger charge is -2.13. The minimum atomic E-state index is -0.446. The van der Waals surface area contributed by atoms with Gasteiger partial charge in [0.1, 0.15) is 0 Å². The summed E-state index contributed by atoms with van der Waals surface area (Å²) in [6.07, 6.45) is 1.81. The van der Waals surface area contributed by atoms with Gasteiger partial charge in [0.05, 0.1) is 6.61 Å². The van der Waals surface area contributed by atoms with E-state index in [4.69, 9.17) is 4.74 Å². The first-order valence-electron chi connectivity index (χ1n) is 3.09. The molecule has 10 heavy (non-hydrogen) atoms. The maximum absolute atomic E-state index is 10.9. The van der Waals surface area contributed by atoms with Crippen LogP contribution in [0.3, 0.4) is 0 Å². The Balaban J connectivity index is 3.49. The summed E-state index contributed by atoms with van der Waals surface area (Å²) < 4.78 is 6.44. The third-order valence-electron chi connectivity index (χ3n) is 0.902. The Bertz CT molecular complexity index is 112. The van der Waals surface area contributed by atoms with Gasteiger partial charge in [-0.2, -0.15) is 11.2 Å². The highest BCUT2D eigenvalue weighted by Crippen LogP contribution is 1.94. The van der Waals surface area contributed by atoms with Gasteiger partial charge in [-0.15, -0.1) is 0 Å². The predicted molar refractivity (Wildman–Crippen MR) is 46.8 cm³/mol. The third-order valence-corrected chi connectivity index (χ3v) is 3.74. The Morgan fingerprint density at radius 1 is 1.80 bits per heavy atom. The number of ether oxygens (including phenoxy) is 1. The van der Waals surface area contributed by atoms with Crippen molar-refractivity contribution in [3.05, 3.63) is 0 Å². The van der Waals surface area contributed by atoms with Gasteiger partial charge in [-0.25, -0.2) is 4.79 Å². The van der Waals surface area contributed by atoms with E-state index in [-0.39, 0.29) is 6.09 Å². The molecule has 1 amide bonds. The minimum absolute atomic E-state index is 0.191. The second-order valence-electron chi connectivity index (χ2n) is 1.81. The van der Waals surface area contributed by atoms with Crippen LogP contribution >= 0.6 is 11.2 Å². The topological polar surface area (TPSA) is 29.5 Å². The summed E-state index contributed by atoms with van der Waals surface area (Å²) in [5.74, 6) is 0. The van der Waals surface area contributed by atoms with Gasteiger partial charge in [0.2, 0.25) is 0 Å². The molecule has 0 aliphatic rings. The van der Waals surface area contributed by atoms with Crippen LogP contribution in [0.2, 0.25) is 0 Å². The molecule has 60 valence electrons. The summed E-state index contributed by atoms with van der Waals surface area (Å²) in [4.78, 5) is 10.9. The van der Waals surface area contributed by atoms with Crippen molar-refractivity contribution < 1.29 is 9.53 Å². The molecule has 0 atom stereocenters. The molecule has 5 heteroatoms. The first-order valence-corrected chi connectivity index (χ1v) is 6.85. The Hall–Kier alpha value is -0.163. The van der Waals surface area contributed by atoms with Crippen molar-refractivity contribution in [1.29, 1.82) is 0 Å². The van der Waals surface area contributed by atoms with Crippen molar-refractivity contribution in [2.24, 2.45) is 0 Å². The van der Waals surface area contributed by atoms with E-state index in [0.717, 1.165) is 0 Å². The summed E-state index contributed by atoms with van der Waals surface area (Å²) >= 11 is 1.73. The fraction of sp³-hybridized carbons (Fsp3) is 0.800. The molecule has 0 aliphatic carbocycles. The summed E-state index contributed by atoms with van der Waals surface area (Å²) in [6.45, 7) is 2.28. The van der Waals surface area contributed by atoms with Gasteiger partial charge in [-0.1, -0.05) is 0 Å². The van der Waals surface area contributed by atoms with E-state index in [2.05, 4.69) is 0 Å². The lowest BCUT2D eigenvalue weighted by molar-refractivity contribution is 0.136. The van der Waals surface area contributed by atoms with Crippen molar-refractivity contribution in [2.45, 2.75) is 6.92 Å². The van der Waals surface area contributed by atoms with Crippen LogP contribution in [0, 0.1) is 0 Å². The maximum Gasteiger partial charge on any atom is 0.401 e. The zero-order valence-corrected chi connectivity index (χ0v) is 8.82. The highest BCUT2D eigenvalue weighted by atomic mass is 32.4. The molecule has 0 rings (SSSR count). The SMILES string of the molecule is CCOC(=O)N(C)[SiH2]SC. The molecule has 0 radical (unpaired) electrons. The lowest BCUT2D eigenvalue weighted by Crippen LogP contribution is -2.29. The Morgan fingerprint density at radius 3 is 2.80 bits per heavy atom. The molecular formula is C5H13NO2SSi. The number of carbonyl (C=O) groups is 1. The quantitative estimate of drug-likeness (QED) is 0.589. The second kappa shape index (κ2) is 5.61. The zero-order valence-electron chi connectivity index (χ0n) is 6.59. The summed E-state index contributed by atoms with van der Waals surface area (Å²) in [6, 6.07) is 0. The van der Waals surface area contributed by atoms with Gasteiger partial charge in [-0.05, 0) is 13.2 Å². The average Bonchev–Trinajstić information content (AvgIpc) is 1.89. The standard InChI is InChI=1S/C5H13NO2SSi/c1-4-8-5(7)6(2)10-9-3/h4,10H2,1-3H3. The molecule has 0 N–H and O–H groups in total. The normalized spacial score (nSPS) is 10.3. The van der Waals surface area contributed by atoms with Gasteiger partial charge in [0.25, 0.3) is 0 Å². The molecule has 0 saturated heterocycles. The number of carbonyl (C=O) groups excluding carboxylic acids is 1. The Labute approximate surface area is 67.7 Å². The Morgan fingerprint density at radius 2 is 2.40 bits per heavy atom. The Kier molecular flexibility index (Phi) is 5.52. The van der Waals surface area contributed by atoms with Crippen LogP contribution in [0.15, 0.2) is 0 Å². The van der Waals surface area contributed by atoms with Crippen LogP contribution in [-0.2, 0) is 4.74 Å². The third kappa shape index (κ3) is 3.79. The first-order chi connectivity index (χ1) is 4.72. The van der Waals surface area contributed by atoms with Crippen molar-refractivity contribution in [2.75, 3.05) is 19.9 Å². The van der Waals surface area contributed by atoms with Crippen LogP contribution in [-0.4, -0.2) is 39.4 Å². The molecule has 0 aliphatic heterocycles. The van der Waals surface area contributed by atoms with E-state index < -0.39 is 8.83 Å². The van der Waals surface area contributed by atoms with Crippen LogP contribution < -0.4 is 0 Å². The van der Waals surface area contributed by atoms with Crippen LogP contribution in [0.4, 0.5) is 4.79 Å². The van der Waals surface area contributed by atoms with Crippen molar-refractivity contribution in [1.82, 2.24) is 4.57 Å². The molecule has 0 aromatic rings. The van der Waals surface area contributed by atoms with E-state index in [1.54, 1.807) is 22.8 Å². The fourth-order valence-corrected chi connectivity index (χ4v) is 2.54. The van der Waals surface area contributed by atoms with Crippen LogP contribution in [0.25, 0.3) is 0 Å². The highest BCUT2D eigenvalue weighted by Gasteiger charge is 2.06. The number of amides is 1. The molecule has 0 saturated carbocycles. The fourth-order valence-electron chi connectivity index (χ4n) is 0.480. The van der Waals surface area contributed by atoms with Crippen LogP contribution in [0.1, 0.15) is 6.92 Å². The van der Waals surface area contributed by atoms with Crippen molar-refractivity contribution in [3.63, 3.8) is 0 Å². The monoisotopic (exact) mass is 179 g/mol. The van der Waals surface area contributed by atoms with Gasteiger partial charge in [0, 0.05) is 7.05 Å². The number of hydrogen-bond acceptors (Lipinski definition) is 3. The van der Waals surface area contributed by atoms with E-state index >= 15 is 0 Å². The molecule has 0 spiro atoms. The molecule has 0 aromatic carbocycles. The highest BCUT2D eigenvalue weighted by molar-refractivity contribution is 8.21. The molecule has 0 bridgehead atoms. The average molecular weight is 179 g/mol. The summed E-state index contributed by atoms with van der Waals surface area (Å²) in [7, 11) is 1.33. The van der Waals surface area contributed by atoms with Gasteiger partial charge in [0.15, 0.2) is 8.83 Å². The first kappa shape index (κ1) is 9.84. The molecule has 0 heterocycles. The summed E-state index contributed by atoms with van der Waals surface area (Å²) in [5, 5.41) is 0. The number of rotatable bonds is 3. The van der Waals surface area contributed by atoms with Gasteiger partial charge < -0.3 is 9.30 Å². The van der Waals surface area contributed by atoms with E-state index in [9.17, 15) is 4.79 Å². The molecule has 3 nitrogen and oxygen atoms in total. The molecule has 0 aromatic heterocycles. The van der Waals surface area contributed by atoms with Gasteiger partial charge in [-0.3, -0.25) is 0 Å². The molecule has 0 unspecified atom stereocenters. The van der Waals surface area contributed by atoms with E-state index in [0.29, 0.717) is 6.61 Å². The molecular weight excluding hydrogens is 166 g/mol. The van der Waals surface area contributed by atoms with Crippen molar-refractivity contribution in [3.8, 4) is 0 Å². The zero-order chi connectivity index (χ0) is 7.98. The number of nitrogens with zero attached hydrogens (tertiary/aromatic N) is 1. The smallest absolute Gasteiger partial charge is 0.401 e. The second-order valence-corrected chi connectivity index (χ2v) is 6.11. The van der Waals surface area contributed by atoms with E-state index in [1.807, 2.05) is 13.2 Å². The van der Waals surface area contributed by atoms with Crippen LogP contribution in [0.5, 0.6) is 0 Å². The van der Waals surface area contributed by atoms with Gasteiger partial charge >= 0.3 is 6.09 Å². The lowest BCUT2D eigenvalue weighted by atomic mass is 10.9. The largest absolute Gasteiger partial charge is 0.450 e. The predicted octanol–water partition coefficient (Wildman–Crippen LogP) is 0.436. The maximum atomic E-state index is 10.9. The summed E-state index contributed by atoms with van der Waals surface area (Å²) in [5.41, 5.74) is 0.